The Hall–Kier alpha value is -2.74. The lowest BCUT2D eigenvalue weighted by atomic mass is 10.0. The Labute approximate surface area is 169 Å². The van der Waals surface area contributed by atoms with E-state index in [-0.39, 0.29) is 24.1 Å². The Balaban J connectivity index is 1.45. The molecule has 0 saturated carbocycles. The number of carbonyl (C=O) groups is 2. The van der Waals surface area contributed by atoms with Gasteiger partial charge < -0.3 is 14.7 Å². The SMILES string of the molecule is CCN1CCN(C(=O)c2n[nH]c3c2CN(C(=O)Cc2ccccc2F)CC3)CC1. The van der Waals surface area contributed by atoms with Gasteiger partial charge in [-0.15, -0.1) is 0 Å². The first-order valence-corrected chi connectivity index (χ1v) is 10.2. The second-order valence-electron chi connectivity index (χ2n) is 7.59. The average Bonchev–Trinajstić information content (AvgIpc) is 3.18. The zero-order valence-corrected chi connectivity index (χ0v) is 16.7. The highest BCUT2D eigenvalue weighted by Gasteiger charge is 2.31. The number of hydrogen-bond donors (Lipinski definition) is 1. The molecule has 29 heavy (non-hydrogen) atoms. The highest BCUT2D eigenvalue weighted by molar-refractivity contribution is 5.94. The number of rotatable bonds is 4. The Kier molecular flexibility index (Phi) is 5.62. The van der Waals surface area contributed by atoms with E-state index in [1.54, 1.807) is 23.1 Å². The van der Waals surface area contributed by atoms with Crippen LogP contribution in [-0.2, 0) is 24.2 Å². The number of nitrogens with one attached hydrogen (secondary N) is 1. The first-order valence-electron chi connectivity index (χ1n) is 10.2. The highest BCUT2D eigenvalue weighted by Crippen LogP contribution is 2.23. The number of amides is 2. The maximum absolute atomic E-state index is 13.9. The zero-order valence-electron chi connectivity index (χ0n) is 16.7. The molecule has 0 atom stereocenters. The molecule has 3 heterocycles. The molecule has 0 unspecified atom stereocenters. The largest absolute Gasteiger partial charge is 0.338 e. The summed E-state index contributed by atoms with van der Waals surface area (Å²) in [6.07, 6.45) is 0.629. The van der Waals surface area contributed by atoms with Gasteiger partial charge in [0.2, 0.25) is 5.91 Å². The van der Waals surface area contributed by atoms with Crippen LogP contribution in [0.4, 0.5) is 4.39 Å². The lowest BCUT2D eigenvalue weighted by molar-refractivity contribution is -0.131. The Morgan fingerprint density at radius 2 is 1.86 bits per heavy atom. The molecule has 0 bridgehead atoms. The van der Waals surface area contributed by atoms with Crippen molar-refractivity contribution in [2.45, 2.75) is 26.3 Å². The van der Waals surface area contributed by atoms with Gasteiger partial charge >= 0.3 is 0 Å². The molecule has 0 spiro atoms. The van der Waals surface area contributed by atoms with Crippen LogP contribution in [0.1, 0.15) is 34.2 Å². The first-order chi connectivity index (χ1) is 14.1. The Morgan fingerprint density at radius 3 is 2.59 bits per heavy atom. The number of piperazine rings is 1. The van der Waals surface area contributed by atoms with Crippen molar-refractivity contribution in [1.29, 1.82) is 0 Å². The minimum Gasteiger partial charge on any atom is -0.338 e. The van der Waals surface area contributed by atoms with Crippen LogP contribution in [0.2, 0.25) is 0 Å². The summed E-state index contributed by atoms with van der Waals surface area (Å²) in [5.41, 5.74) is 2.51. The van der Waals surface area contributed by atoms with Crippen LogP contribution in [0, 0.1) is 5.82 Å². The van der Waals surface area contributed by atoms with Gasteiger partial charge in [-0.25, -0.2) is 4.39 Å². The van der Waals surface area contributed by atoms with Crippen molar-refractivity contribution in [3.63, 3.8) is 0 Å². The lowest BCUT2D eigenvalue weighted by Crippen LogP contribution is -2.48. The van der Waals surface area contributed by atoms with Crippen LogP contribution in [0.25, 0.3) is 0 Å². The predicted molar refractivity (Wildman–Crippen MR) is 106 cm³/mol. The third-order valence-corrected chi connectivity index (χ3v) is 5.89. The van der Waals surface area contributed by atoms with Crippen molar-refractivity contribution in [3.05, 3.63) is 52.6 Å². The van der Waals surface area contributed by atoms with Gasteiger partial charge in [0.15, 0.2) is 5.69 Å². The van der Waals surface area contributed by atoms with Gasteiger partial charge in [0.25, 0.3) is 5.91 Å². The fourth-order valence-corrected chi connectivity index (χ4v) is 4.02. The third-order valence-electron chi connectivity index (χ3n) is 5.89. The molecule has 2 aromatic rings. The predicted octanol–water partition coefficient (Wildman–Crippen LogP) is 1.45. The van der Waals surface area contributed by atoms with Crippen molar-refractivity contribution in [2.75, 3.05) is 39.3 Å². The molecule has 4 rings (SSSR count). The molecule has 1 fully saturated rings. The topological polar surface area (TPSA) is 72.5 Å². The third kappa shape index (κ3) is 4.03. The fourth-order valence-electron chi connectivity index (χ4n) is 4.02. The molecule has 0 radical (unpaired) electrons. The van der Waals surface area contributed by atoms with E-state index in [1.165, 1.54) is 6.07 Å². The van der Waals surface area contributed by atoms with E-state index in [2.05, 4.69) is 22.0 Å². The van der Waals surface area contributed by atoms with E-state index in [9.17, 15) is 14.0 Å². The van der Waals surface area contributed by atoms with E-state index < -0.39 is 0 Å². The quantitative estimate of drug-likeness (QED) is 0.845. The van der Waals surface area contributed by atoms with Crippen LogP contribution in [-0.4, -0.2) is 76.0 Å². The normalized spacial score (nSPS) is 17.3. The molecule has 2 aliphatic rings. The molecule has 7 nitrogen and oxygen atoms in total. The smallest absolute Gasteiger partial charge is 0.274 e. The minimum atomic E-state index is -0.371. The van der Waals surface area contributed by atoms with Gasteiger partial charge in [-0.2, -0.15) is 5.10 Å². The summed E-state index contributed by atoms with van der Waals surface area (Å²) < 4.78 is 13.9. The van der Waals surface area contributed by atoms with Gasteiger partial charge in [0.1, 0.15) is 5.82 Å². The highest BCUT2D eigenvalue weighted by atomic mass is 19.1. The van der Waals surface area contributed by atoms with Crippen molar-refractivity contribution in [3.8, 4) is 0 Å². The molecule has 1 N–H and O–H groups in total. The van der Waals surface area contributed by atoms with Crippen LogP contribution in [0.15, 0.2) is 24.3 Å². The number of aromatic amines is 1. The molecule has 1 aromatic carbocycles. The molecular weight excluding hydrogens is 373 g/mol. The second-order valence-corrected chi connectivity index (χ2v) is 7.59. The van der Waals surface area contributed by atoms with Gasteiger partial charge in [-0.05, 0) is 18.2 Å². The summed E-state index contributed by atoms with van der Waals surface area (Å²) in [5, 5.41) is 7.25. The lowest BCUT2D eigenvalue weighted by Gasteiger charge is -2.34. The summed E-state index contributed by atoms with van der Waals surface area (Å²) >= 11 is 0. The van der Waals surface area contributed by atoms with E-state index in [1.807, 2.05) is 4.90 Å². The number of halogens is 1. The number of benzene rings is 1. The zero-order chi connectivity index (χ0) is 20.4. The van der Waals surface area contributed by atoms with E-state index in [0.717, 1.165) is 30.9 Å². The number of nitrogens with zero attached hydrogens (tertiary/aromatic N) is 4. The molecule has 1 saturated heterocycles. The molecule has 0 aliphatic carbocycles. The minimum absolute atomic E-state index is 0.0160. The maximum Gasteiger partial charge on any atom is 0.274 e. The maximum atomic E-state index is 13.9. The monoisotopic (exact) mass is 399 g/mol. The van der Waals surface area contributed by atoms with Crippen molar-refractivity contribution in [2.24, 2.45) is 0 Å². The molecule has 2 aliphatic heterocycles. The van der Waals surface area contributed by atoms with Gasteiger partial charge in [0.05, 0.1) is 6.42 Å². The van der Waals surface area contributed by atoms with Crippen LogP contribution in [0.5, 0.6) is 0 Å². The summed E-state index contributed by atoms with van der Waals surface area (Å²) in [7, 11) is 0. The van der Waals surface area contributed by atoms with Crippen LogP contribution >= 0.6 is 0 Å². The van der Waals surface area contributed by atoms with Crippen molar-refractivity contribution >= 4 is 11.8 Å². The summed E-state index contributed by atoms with van der Waals surface area (Å²) in [4.78, 5) is 31.6. The van der Waals surface area contributed by atoms with Gasteiger partial charge in [-0.3, -0.25) is 14.7 Å². The van der Waals surface area contributed by atoms with Gasteiger partial charge in [0, 0.05) is 56.9 Å². The fraction of sp³-hybridized carbons (Fsp3) is 0.476. The standard InChI is InChI=1S/C21H26FN5O2/c1-2-25-9-11-26(12-10-25)21(29)20-16-14-27(8-7-18(16)23-24-20)19(28)13-15-5-3-4-6-17(15)22/h3-6H,2,7-14H2,1H3,(H,23,24). The van der Waals surface area contributed by atoms with E-state index in [4.69, 9.17) is 0 Å². The van der Waals surface area contributed by atoms with E-state index >= 15 is 0 Å². The number of H-pyrrole nitrogens is 1. The van der Waals surface area contributed by atoms with Crippen LogP contribution < -0.4 is 0 Å². The van der Waals surface area contributed by atoms with Crippen molar-refractivity contribution in [1.82, 2.24) is 24.9 Å². The molecule has 2 amide bonds. The molecule has 154 valence electrons. The Bertz CT molecular complexity index is 904. The second kappa shape index (κ2) is 8.32. The number of hydrogen-bond acceptors (Lipinski definition) is 4. The van der Waals surface area contributed by atoms with Crippen LogP contribution in [0.3, 0.4) is 0 Å². The molecule has 8 heteroatoms. The number of carbonyl (C=O) groups excluding carboxylic acids is 2. The number of aromatic nitrogens is 2. The number of likely N-dealkylation sites (N-methyl/N-ethyl adjacent to an activating group) is 1. The molecule has 1 aromatic heterocycles. The van der Waals surface area contributed by atoms with Gasteiger partial charge in [-0.1, -0.05) is 25.1 Å². The summed E-state index contributed by atoms with van der Waals surface area (Å²) in [6, 6.07) is 6.33. The summed E-state index contributed by atoms with van der Waals surface area (Å²) in [5.74, 6) is -0.595. The average molecular weight is 399 g/mol. The Morgan fingerprint density at radius 1 is 1.10 bits per heavy atom. The summed E-state index contributed by atoms with van der Waals surface area (Å²) in [6.45, 7) is 7.06. The van der Waals surface area contributed by atoms with E-state index in [0.29, 0.717) is 43.9 Å². The van der Waals surface area contributed by atoms with Crippen molar-refractivity contribution < 1.29 is 14.0 Å². The first kappa shape index (κ1) is 19.6. The molecular formula is C21H26FN5O2. The number of fused-ring (bicyclic) bond motifs is 1.